The molecule has 0 unspecified atom stereocenters. The number of nitrogens with one attached hydrogen (secondary N) is 2. The van der Waals surface area contributed by atoms with Gasteiger partial charge in [-0.05, 0) is 50.2 Å². The molecule has 1 aromatic carbocycles. The van der Waals surface area contributed by atoms with Crippen molar-refractivity contribution in [2.75, 3.05) is 29.9 Å². The lowest BCUT2D eigenvalue weighted by atomic mass is 9.96. The fraction of sp³-hybridized carbons (Fsp3) is 0.391. The quantitative estimate of drug-likeness (QED) is 0.394. The van der Waals surface area contributed by atoms with E-state index in [1.165, 1.54) is 6.42 Å². The van der Waals surface area contributed by atoms with Crippen LogP contribution in [0, 0.1) is 5.92 Å². The number of hydrogen-bond acceptors (Lipinski definition) is 5. The molecule has 33 heavy (non-hydrogen) atoms. The topological polar surface area (TPSA) is 70.9 Å². The average Bonchev–Trinajstić information content (AvgIpc) is 3.53. The summed E-state index contributed by atoms with van der Waals surface area (Å²) in [4.78, 5) is 25.5. The molecule has 1 aliphatic carbocycles. The van der Waals surface area contributed by atoms with Crippen molar-refractivity contribution in [2.24, 2.45) is 5.92 Å². The zero-order valence-electron chi connectivity index (χ0n) is 18.5. The predicted octanol–water partition coefficient (Wildman–Crippen LogP) is 3.70. The molecule has 2 aromatic heterocycles. The summed E-state index contributed by atoms with van der Waals surface area (Å²) in [5.74, 6) is 1.09. The highest BCUT2D eigenvalue weighted by molar-refractivity contribution is 6.39. The van der Waals surface area contributed by atoms with Crippen molar-refractivity contribution in [1.29, 1.82) is 0 Å². The van der Waals surface area contributed by atoms with E-state index in [0.29, 0.717) is 45.2 Å². The number of pyridine rings is 1. The summed E-state index contributed by atoms with van der Waals surface area (Å²) in [6.07, 6.45) is 9.37. The molecule has 3 aromatic rings. The zero-order chi connectivity index (χ0) is 22.9. The predicted molar refractivity (Wildman–Crippen MR) is 135 cm³/mol. The van der Waals surface area contributed by atoms with E-state index >= 15 is 0 Å². The fourth-order valence-corrected chi connectivity index (χ4v) is 4.71. The largest absolute Gasteiger partial charge is 0.356 e. The Morgan fingerprint density at radius 1 is 1.21 bits per heavy atom. The molecule has 0 atom stereocenters. The van der Waals surface area contributed by atoms with Gasteiger partial charge in [0.1, 0.15) is 18.7 Å². The molecule has 0 radical (unpaired) electrons. The fourth-order valence-electron chi connectivity index (χ4n) is 4.14. The van der Waals surface area contributed by atoms with E-state index in [1.54, 1.807) is 6.20 Å². The molecule has 2 aliphatic rings. The van der Waals surface area contributed by atoms with Gasteiger partial charge in [0, 0.05) is 19.3 Å². The zero-order valence-corrected chi connectivity index (χ0v) is 20.0. The minimum absolute atomic E-state index is 0.352. The lowest BCUT2D eigenvalue weighted by Gasteiger charge is -2.28. The van der Waals surface area contributed by atoms with Gasteiger partial charge >= 0.3 is 0 Å². The number of imidazole rings is 1. The van der Waals surface area contributed by atoms with Gasteiger partial charge in [0.15, 0.2) is 5.65 Å². The first kappa shape index (κ1) is 22.4. The Morgan fingerprint density at radius 2 is 2.00 bits per heavy atom. The first-order valence-electron chi connectivity index (χ1n) is 11.4. The highest BCUT2D eigenvalue weighted by Crippen LogP contribution is 2.37. The van der Waals surface area contributed by atoms with Crippen molar-refractivity contribution in [3.8, 4) is 0 Å². The Labute approximate surface area is 203 Å². The number of hydrogen-bond donors (Lipinski definition) is 2. The summed E-state index contributed by atoms with van der Waals surface area (Å²) < 4.78 is 1.89. The molecule has 5 rings (SSSR count). The van der Waals surface area contributed by atoms with Crippen molar-refractivity contribution in [3.63, 3.8) is 0 Å². The number of amides is 1. The summed E-state index contributed by atoms with van der Waals surface area (Å²) in [6, 6.07) is 5.68. The van der Waals surface area contributed by atoms with Crippen molar-refractivity contribution < 1.29 is 9.63 Å². The van der Waals surface area contributed by atoms with Gasteiger partial charge in [0.25, 0.3) is 5.91 Å². The molecule has 0 spiro atoms. The SMILES string of the molecule is Bc1ccc(Nc2c(C(=O)NOCC3CC3)cn3c(N4CCCCC4)cnc3c2Cl)c(Cl)c1. The second kappa shape index (κ2) is 9.45. The molecule has 1 amide bonds. The van der Waals surface area contributed by atoms with Crippen LogP contribution in [0.3, 0.4) is 0 Å². The standard InChI is InChI=1S/C23H26BCl2N5O2/c24-15-6-7-18(17(25)10-15)28-21-16(23(32)29-33-13-14-4-5-14)12-31-19(11-27-22(31)20(21)26)30-8-2-1-3-9-30/h6-7,10-12,14,28H,1-5,8-9,13,24H2,(H,29,32). The lowest BCUT2D eigenvalue weighted by molar-refractivity contribution is 0.0270. The van der Waals surface area contributed by atoms with Crippen LogP contribution in [0.2, 0.25) is 10.0 Å². The molecule has 3 heterocycles. The Hall–Kier alpha value is -2.42. The van der Waals surface area contributed by atoms with E-state index in [0.717, 1.165) is 50.1 Å². The van der Waals surface area contributed by atoms with E-state index in [4.69, 9.17) is 28.0 Å². The van der Waals surface area contributed by atoms with Crippen molar-refractivity contribution in [1.82, 2.24) is 14.9 Å². The maximum absolute atomic E-state index is 13.2. The van der Waals surface area contributed by atoms with Gasteiger partial charge in [-0.15, -0.1) is 0 Å². The van der Waals surface area contributed by atoms with Crippen LogP contribution in [0.1, 0.15) is 42.5 Å². The third-order valence-corrected chi connectivity index (χ3v) is 6.88. The van der Waals surface area contributed by atoms with Crippen molar-refractivity contribution >= 4 is 65.3 Å². The molecular formula is C23H26BCl2N5O2. The van der Waals surface area contributed by atoms with Crippen LogP contribution in [0.15, 0.2) is 30.6 Å². The Kier molecular flexibility index (Phi) is 6.41. The summed E-state index contributed by atoms with van der Waals surface area (Å²) in [6.45, 7) is 2.42. The number of carbonyl (C=O) groups excluding carboxylic acids is 1. The van der Waals surface area contributed by atoms with Gasteiger partial charge in [0.05, 0.1) is 34.8 Å². The molecular weight excluding hydrogens is 460 g/mol. The molecule has 1 aliphatic heterocycles. The molecule has 1 saturated carbocycles. The first-order valence-corrected chi connectivity index (χ1v) is 12.2. The average molecular weight is 486 g/mol. The van der Waals surface area contributed by atoms with Crippen LogP contribution >= 0.6 is 23.2 Å². The van der Waals surface area contributed by atoms with Crippen LogP contribution in [-0.4, -0.2) is 42.8 Å². The molecule has 0 bridgehead atoms. The maximum atomic E-state index is 13.2. The van der Waals surface area contributed by atoms with Gasteiger partial charge in [-0.25, -0.2) is 10.5 Å². The summed E-state index contributed by atoms with van der Waals surface area (Å²) in [7, 11) is 1.97. The van der Waals surface area contributed by atoms with Crippen LogP contribution in [0.4, 0.5) is 17.2 Å². The van der Waals surface area contributed by atoms with Gasteiger partial charge in [-0.1, -0.05) is 34.7 Å². The first-order chi connectivity index (χ1) is 16.0. The number of carbonyl (C=O) groups is 1. The number of rotatable bonds is 7. The second-order valence-electron chi connectivity index (χ2n) is 8.88. The summed E-state index contributed by atoms with van der Waals surface area (Å²) >= 11 is 13.3. The van der Waals surface area contributed by atoms with Gasteiger partial charge in [-0.2, -0.15) is 0 Å². The maximum Gasteiger partial charge on any atom is 0.278 e. The number of fused-ring (bicyclic) bond motifs is 1. The lowest BCUT2D eigenvalue weighted by Crippen LogP contribution is -2.30. The molecule has 172 valence electrons. The van der Waals surface area contributed by atoms with Crippen molar-refractivity contribution in [2.45, 2.75) is 32.1 Å². The normalized spacial score (nSPS) is 16.2. The third kappa shape index (κ3) is 4.79. The van der Waals surface area contributed by atoms with Gasteiger partial charge in [-0.3, -0.25) is 14.0 Å². The molecule has 2 N–H and O–H groups in total. The highest BCUT2D eigenvalue weighted by Gasteiger charge is 2.25. The monoisotopic (exact) mass is 485 g/mol. The number of aromatic nitrogens is 2. The Morgan fingerprint density at radius 3 is 2.73 bits per heavy atom. The summed E-state index contributed by atoms with van der Waals surface area (Å²) in [5, 5.41) is 4.16. The number of hydroxylamine groups is 1. The van der Waals surface area contributed by atoms with Crippen LogP contribution in [0.25, 0.3) is 5.65 Å². The number of benzene rings is 1. The Balaban J connectivity index is 1.55. The smallest absolute Gasteiger partial charge is 0.278 e. The van der Waals surface area contributed by atoms with Crippen molar-refractivity contribution in [3.05, 3.63) is 46.2 Å². The number of halogens is 2. The summed E-state index contributed by atoms with van der Waals surface area (Å²) in [5.41, 5.74) is 5.66. The van der Waals surface area contributed by atoms with E-state index in [-0.39, 0.29) is 5.91 Å². The highest BCUT2D eigenvalue weighted by atomic mass is 35.5. The van der Waals surface area contributed by atoms with E-state index in [1.807, 2.05) is 36.6 Å². The molecule has 10 heteroatoms. The van der Waals surface area contributed by atoms with E-state index < -0.39 is 0 Å². The number of nitrogens with zero attached hydrogens (tertiary/aromatic N) is 3. The van der Waals surface area contributed by atoms with Crippen LogP contribution in [-0.2, 0) is 4.84 Å². The van der Waals surface area contributed by atoms with E-state index in [2.05, 4.69) is 20.7 Å². The molecule has 1 saturated heterocycles. The van der Waals surface area contributed by atoms with Crippen LogP contribution < -0.4 is 21.2 Å². The van der Waals surface area contributed by atoms with E-state index in [9.17, 15) is 4.79 Å². The second-order valence-corrected chi connectivity index (χ2v) is 9.67. The number of piperidine rings is 1. The minimum Gasteiger partial charge on any atom is -0.356 e. The third-order valence-electron chi connectivity index (χ3n) is 6.21. The van der Waals surface area contributed by atoms with Crippen LogP contribution in [0.5, 0.6) is 0 Å². The number of anilines is 3. The van der Waals surface area contributed by atoms with Gasteiger partial charge < -0.3 is 10.2 Å². The molecule has 7 nitrogen and oxygen atoms in total. The Bertz CT molecular complexity index is 1190. The minimum atomic E-state index is -0.372. The van der Waals surface area contributed by atoms with Gasteiger partial charge in [0.2, 0.25) is 0 Å². The molecule has 2 fully saturated rings.